The molecule has 2 aromatic heterocycles. The van der Waals surface area contributed by atoms with Crippen LogP contribution in [0.25, 0.3) is 16.8 Å². The van der Waals surface area contributed by atoms with E-state index in [2.05, 4.69) is 50.4 Å². The summed E-state index contributed by atoms with van der Waals surface area (Å²) in [4.78, 5) is 27.0. The van der Waals surface area contributed by atoms with Gasteiger partial charge in [-0.2, -0.15) is 4.98 Å². The van der Waals surface area contributed by atoms with E-state index in [-0.39, 0.29) is 11.9 Å². The molecule has 3 heterocycles. The number of carbonyl (C=O) groups is 1. The minimum absolute atomic E-state index is 0.0322. The maximum Gasteiger partial charge on any atom is 0.236 e. The zero-order valence-electron chi connectivity index (χ0n) is 20.0. The summed E-state index contributed by atoms with van der Waals surface area (Å²) in [7, 11) is 0. The molecule has 1 amide bonds. The number of anilines is 1. The molecule has 0 saturated carbocycles. The van der Waals surface area contributed by atoms with Crippen LogP contribution in [-0.4, -0.2) is 57.9 Å². The van der Waals surface area contributed by atoms with Crippen LogP contribution in [0.3, 0.4) is 0 Å². The fourth-order valence-electron chi connectivity index (χ4n) is 4.91. The number of nitrogens with one attached hydrogen (secondary N) is 1. The Morgan fingerprint density at radius 2 is 1.42 bits per heavy atom. The van der Waals surface area contributed by atoms with Gasteiger partial charge in [0.25, 0.3) is 0 Å². The lowest BCUT2D eigenvalue weighted by Gasteiger charge is -2.35. The number of hydrogen-bond donors (Lipinski definition) is 1. The second kappa shape index (κ2) is 9.79. The highest BCUT2D eigenvalue weighted by Crippen LogP contribution is 2.22. The highest BCUT2D eigenvalue weighted by Gasteiger charge is 2.23. The van der Waals surface area contributed by atoms with Gasteiger partial charge in [-0.25, -0.2) is 4.98 Å². The van der Waals surface area contributed by atoms with E-state index in [1.54, 1.807) is 0 Å². The van der Waals surface area contributed by atoms with Crippen LogP contribution in [0.1, 0.15) is 17.2 Å². The van der Waals surface area contributed by atoms with Gasteiger partial charge in [0.1, 0.15) is 5.82 Å². The van der Waals surface area contributed by atoms with Crippen molar-refractivity contribution in [3.05, 3.63) is 108 Å². The molecule has 0 aliphatic carbocycles. The number of aromatic nitrogens is 3. The third kappa shape index (κ3) is 4.53. The standard InChI is InChI=1S/C29H28N6O/c36-27(32-28(22-9-3-1-4-10-22)23-11-5-2-6-12-23)21-33-17-19-34(20-18-33)26-15-16-35-25-14-8-7-13-24(25)30-29(35)31-26/h1-16,28H,17-21H2,(H,32,36). The molecule has 1 aliphatic heterocycles. The van der Waals surface area contributed by atoms with Gasteiger partial charge in [-0.3, -0.25) is 14.1 Å². The van der Waals surface area contributed by atoms with Crippen molar-refractivity contribution in [2.45, 2.75) is 6.04 Å². The molecule has 0 unspecified atom stereocenters. The predicted octanol–water partition coefficient (Wildman–Crippen LogP) is 3.91. The SMILES string of the molecule is O=C(CN1CCN(c2ccn3c(n2)nc2ccccc23)CC1)NC(c1ccccc1)c1ccccc1. The number of para-hydroxylation sites is 2. The van der Waals surface area contributed by atoms with Crippen molar-refractivity contribution >= 4 is 28.5 Å². The number of nitrogens with zero attached hydrogens (tertiary/aromatic N) is 5. The molecular weight excluding hydrogens is 448 g/mol. The molecule has 1 N–H and O–H groups in total. The molecule has 180 valence electrons. The van der Waals surface area contributed by atoms with Crippen LogP contribution in [-0.2, 0) is 4.79 Å². The average Bonchev–Trinajstić information content (AvgIpc) is 3.31. The topological polar surface area (TPSA) is 65.8 Å². The van der Waals surface area contributed by atoms with Crippen molar-refractivity contribution in [1.82, 2.24) is 24.6 Å². The van der Waals surface area contributed by atoms with E-state index in [9.17, 15) is 4.79 Å². The summed E-state index contributed by atoms with van der Waals surface area (Å²) >= 11 is 0. The number of rotatable bonds is 6. The quantitative estimate of drug-likeness (QED) is 0.403. The van der Waals surface area contributed by atoms with Crippen LogP contribution in [0.15, 0.2) is 97.2 Å². The molecule has 1 fully saturated rings. The lowest BCUT2D eigenvalue weighted by molar-refractivity contribution is -0.122. The van der Waals surface area contributed by atoms with Gasteiger partial charge in [0.2, 0.25) is 11.7 Å². The lowest BCUT2D eigenvalue weighted by Crippen LogP contribution is -2.50. The van der Waals surface area contributed by atoms with Gasteiger partial charge in [0.05, 0.1) is 23.6 Å². The monoisotopic (exact) mass is 476 g/mol. The first-order chi connectivity index (χ1) is 17.7. The van der Waals surface area contributed by atoms with Gasteiger partial charge in [0.15, 0.2) is 0 Å². The molecule has 5 aromatic rings. The lowest BCUT2D eigenvalue weighted by atomic mass is 9.99. The Hall–Kier alpha value is -4.23. The van der Waals surface area contributed by atoms with E-state index in [4.69, 9.17) is 4.98 Å². The third-order valence-corrected chi connectivity index (χ3v) is 6.80. The Balaban J connectivity index is 1.10. The fraction of sp³-hybridized carbons (Fsp3) is 0.207. The number of hydrogen-bond acceptors (Lipinski definition) is 5. The summed E-state index contributed by atoms with van der Waals surface area (Å²) in [5.41, 5.74) is 4.17. The summed E-state index contributed by atoms with van der Waals surface area (Å²) in [5.74, 6) is 1.67. The minimum atomic E-state index is -0.165. The number of amides is 1. The Labute approximate surface area is 210 Å². The minimum Gasteiger partial charge on any atom is -0.354 e. The zero-order valence-corrected chi connectivity index (χ0v) is 20.0. The molecule has 1 saturated heterocycles. The molecule has 36 heavy (non-hydrogen) atoms. The largest absolute Gasteiger partial charge is 0.354 e. The van der Waals surface area contributed by atoms with Crippen LogP contribution < -0.4 is 10.2 Å². The zero-order chi connectivity index (χ0) is 24.3. The van der Waals surface area contributed by atoms with E-state index in [0.717, 1.165) is 54.2 Å². The van der Waals surface area contributed by atoms with E-state index in [1.165, 1.54) is 0 Å². The summed E-state index contributed by atoms with van der Waals surface area (Å²) in [6.45, 7) is 3.62. The second-order valence-corrected chi connectivity index (χ2v) is 9.14. The van der Waals surface area contributed by atoms with Crippen molar-refractivity contribution in [2.75, 3.05) is 37.6 Å². The van der Waals surface area contributed by atoms with Gasteiger partial charge < -0.3 is 10.2 Å². The first-order valence-electron chi connectivity index (χ1n) is 12.3. The number of imidazole rings is 1. The number of carbonyl (C=O) groups excluding carboxylic acids is 1. The first kappa shape index (κ1) is 22.2. The van der Waals surface area contributed by atoms with Gasteiger partial charge >= 0.3 is 0 Å². The highest BCUT2D eigenvalue weighted by molar-refractivity contribution is 5.80. The highest BCUT2D eigenvalue weighted by atomic mass is 16.2. The Bertz CT molecular complexity index is 1440. The van der Waals surface area contributed by atoms with Crippen LogP contribution in [0.5, 0.6) is 0 Å². The molecule has 7 nitrogen and oxygen atoms in total. The van der Waals surface area contributed by atoms with Crippen molar-refractivity contribution in [1.29, 1.82) is 0 Å². The average molecular weight is 477 g/mol. The third-order valence-electron chi connectivity index (χ3n) is 6.80. The van der Waals surface area contributed by atoms with Gasteiger partial charge in [-0.1, -0.05) is 72.8 Å². The van der Waals surface area contributed by atoms with Crippen LogP contribution in [0, 0.1) is 0 Å². The van der Waals surface area contributed by atoms with Gasteiger partial charge in [-0.15, -0.1) is 0 Å². The number of fused-ring (bicyclic) bond motifs is 3. The maximum absolute atomic E-state index is 13.1. The van der Waals surface area contributed by atoms with Gasteiger partial charge in [0, 0.05) is 32.4 Å². The van der Waals surface area contributed by atoms with Crippen LogP contribution in [0.4, 0.5) is 5.82 Å². The molecule has 7 heteroatoms. The summed E-state index contributed by atoms with van der Waals surface area (Å²) in [6.07, 6.45) is 2.04. The van der Waals surface area contributed by atoms with Crippen molar-refractivity contribution in [2.24, 2.45) is 0 Å². The molecule has 0 bridgehead atoms. The maximum atomic E-state index is 13.1. The number of benzene rings is 3. The first-order valence-corrected chi connectivity index (χ1v) is 12.3. The molecule has 0 spiro atoms. The predicted molar refractivity (Wildman–Crippen MR) is 142 cm³/mol. The normalized spacial score (nSPS) is 14.5. The van der Waals surface area contributed by atoms with Crippen LogP contribution >= 0.6 is 0 Å². The Morgan fingerprint density at radius 1 is 0.778 bits per heavy atom. The molecule has 3 aromatic carbocycles. The Kier molecular flexibility index (Phi) is 6.05. The summed E-state index contributed by atoms with van der Waals surface area (Å²) in [5, 5.41) is 3.26. The van der Waals surface area contributed by atoms with Gasteiger partial charge in [-0.05, 0) is 29.3 Å². The van der Waals surface area contributed by atoms with E-state index < -0.39 is 0 Å². The molecule has 0 radical (unpaired) electrons. The van der Waals surface area contributed by atoms with E-state index in [1.807, 2.05) is 71.3 Å². The van der Waals surface area contributed by atoms with Crippen molar-refractivity contribution < 1.29 is 4.79 Å². The van der Waals surface area contributed by atoms with Crippen molar-refractivity contribution in [3.63, 3.8) is 0 Å². The molecule has 6 rings (SSSR count). The van der Waals surface area contributed by atoms with Crippen LogP contribution in [0.2, 0.25) is 0 Å². The fourth-order valence-corrected chi connectivity index (χ4v) is 4.91. The van der Waals surface area contributed by atoms with E-state index in [0.29, 0.717) is 12.3 Å². The van der Waals surface area contributed by atoms with E-state index >= 15 is 0 Å². The molecule has 1 aliphatic rings. The Morgan fingerprint density at radius 3 is 2.11 bits per heavy atom. The van der Waals surface area contributed by atoms with Crippen molar-refractivity contribution in [3.8, 4) is 0 Å². The molecule has 0 atom stereocenters. The summed E-state index contributed by atoms with van der Waals surface area (Å²) < 4.78 is 2.02. The molecular formula is C29H28N6O. The summed E-state index contributed by atoms with van der Waals surface area (Å²) in [6, 6.07) is 30.2. The number of piperazine rings is 1. The smallest absolute Gasteiger partial charge is 0.236 e. The second-order valence-electron chi connectivity index (χ2n) is 9.14.